The monoisotopic (exact) mass is 606 g/mol. The van der Waals surface area contributed by atoms with Crippen LogP contribution in [-0.2, 0) is 6.54 Å². The third-order valence-corrected chi connectivity index (χ3v) is 9.77. The smallest absolute Gasteiger partial charge is 0.135 e. The van der Waals surface area contributed by atoms with Crippen LogP contribution in [0.25, 0.3) is 59.6 Å². The van der Waals surface area contributed by atoms with E-state index in [0.717, 1.165) is 44.8 Å². The number of amidine groups is 1. The van der Waals surface area contributed by atoms with E-state index in [1.165, 1.54) is 43.1 Å². The molecule has 2 unspecified atom stereocenters. The minimum Gasteiger partial charge on any atom is -0.459 e. The first-order valence-corrected chi connectivity index (χ1v) is 16.2. The molecule has 3 heterocycles. The van der Waals surface area contributed by atoms with Crippen LogP contribution in [0.15, 0.2) is 149 Å². The SMILES string of the molecule is C1=C(C2=NC(c3cccc4c3ccc3ccc5ccccc5c34)NC(c3ccc4ccccc4c3)N2)c2c(oc3ccccc23)CN1. The zero-order chi connectivity index (χ0) is 30.9. The van der Waals surface area contributed by atoms with Crippen molar-refractivity contribution in [3.63, 3.8) is 0 Å². The average Bonchev–Trinajstić information content (AvgIpc) is 3.53. The maximum atomic E-state index is 6.31. The van der Waals surface area contributed by atoms with Crippen molar-refractivity contribution in [3.05, 3.63) is 162 Å². The highest BCUT2D eigenvalue weighted by Gasteiger charge is 2.31. The number of rotatable bonds is 3. The van der Waals surface area contributed by atoms with Crippen LogP contribution in [0.4, 0.5) is 0 Å². The fourth-order valence-corrected chi connectivity index (χ4v) is 7.56. The van der Waals surface area contributed by atoms with E-state index in [4.69, 9.17) is 9.41 Å². The number of para-hydroxylation sites is 1. The van der Waals surface area contributed by atoms with Gasteiger partial charge < -0.3 is 15.1 Å². The van der Waals surface area contributed by atoms with Gasteiger partial charge in [0.15, 0.2) is 0 Å². The van der Waals surface area contributed by atoms with Crippen molar-refractivity contribution in [1.82, 2.24) is 16.0 Å². The Balaban J connectivity index is 1.17. The van der Waals surface area contributed by atoms with E-state index >= 15 is 0 Å². The summed E-state index contributed by atoms with van der Waals surface area (Å²) in [6, 6.07) is 47.7. The predicted molar refractivity (Wildman–Crippen MR) is 193 cm³/mol. The molecule has 7 aromatic carbocycles. The van der Waals surface area contributed by atoms with E-state index in [2.05, 4.69) is 143 Å². The van der Waals surface area contributed by atoms with Gasteiger partial charge in [-0.05, 0) is 66.3 Å². The fraction of sp³-hybridized carbons (Fsp3) is 0.0714. The topological polar surface area (TPSA) is 61.6 Å². The van der Waals surface area contributed by atoms with Gasteiger partial charge in [-0.15, -0.1) is 0 Å². The summed E-state index contributed by atoms with van der Waals surface area (Å²) >= 11 is 0. The van der Waals surface area contributed by atoms with Crippen molar-refractivity contribution >= 4 is 65.5 Å². The first kappa shape index (κ1) is 26.3. The lowest BCUT2D eigenvalue weighted by atomic mass is 9.93. The first-order valence-electron chi connectivity index (χ1n) is 16.2. The summed E-state index contributed by atoms with van der Waals surface area (Å²) in [6.07, 6.45) is 1.60. The number of hydrogen-bond acceptors (Lipinski definition) is 5. The molecule has 3 N–H and O–H groups in total. The Morgan fingerprint density at radius 2 is 1.36 bits per heavy atom. The molecule has 0 spiro atoms. The van der Waals surface area contributed by atoms with E-state index in [1.54, 1.807) is 0 Å². The summed E-state index contributed by atoms with van der Waals surface area (Å²) in [7, 11) is 0. The zero-order valence-corrected chi connectivity index (χ0v) is 25.5. The lowest BCUT2D eigenvalue weighted by molar-refractivity contribution is 0.412. The van der Waals surface area contributed by atoms with Crippen molar-refractivity contribution in [2.45, 2.75) is 18.9 Å². The highest BCUT2D eigenvalue weighted by atomic mass is 16.3. The molecule has 47 heavy (non-hydrogen) atoms. The van der Waals surface area contributed by atoms with Crippen LogP contribution in [0.5, 0.6) is 0 Å². The second-order valence-corrected chi connectivity index (χ2v) is 12.5. The standard InChI is InChI=1S/C42H30N4O/c1-2-10-28-22-29(19-16-25(28)8-1)40-44-41(46-42(45-40)35-23-43-24-37-39(35)34-12-5-6-15-36(34)47-37)33-14-7-13-32-31(33)21-20-27-18-17-26-9-3-4-11-30(26)38(27)32/h1-23,40-41,43-44H,24H2,(H,45,46). The Bertz CT molecular complexity index is 2610. The number of nitrogens with zero attached hydrogens (tertiary/aromatic N) is 1. The van der Waals surface area contributed by atoms with Crippen LogP contribution in [-0.4, -0.2) is 5.84 Å². The molecule has 2 atom stereocenters. The molecule has 0 bridgehead atoms. The van der Waals surface area contributed by atoms with Crippen LogP contribution in [0.3, 0.4) is 0 Å². The van der Waals surface area contributed by atoms with Crippen molar-refractivity contribution in [2.24, 2.45) is 4.99 Å². The molecule has 224 valence electrons. The van der Waals surface area contributed by atoms with Crippen molar-refractivity contribution in [1.29, 1.82) is 0 Å². The number of aliphatic imine (C=N–C) groups is 1. The summed E-state index contributed by atoms with van der Waals surface area (Å²) in [5.74, 6) is 1.75. The first-order chi connectivity index (χ1) is 23.3. The average molecular weight is 607 g/mol. The number of furan rings is 1. The molecule has 0 saturated heterocycles. The summed E-state index contributed by atoms with van der Waals surface area (Å²) in [5.41, 5.74) is 5.28. The molecule has 10 rings (SSSR count). The molecule has 0 fully saturated rings. The third kappa shape index (κ3) is 4.17. The van der Waals surface area contributed by atoms with Crippen molar-refractivity contribution in [3.8, 4) is 0 Å². The molecule has 5 heteroatoms. The van der Waals surface area contributed by atoms with E-state index in [1.807, 2.05) is 12.1 Å². The Morgan fingerprint density at radius 3 is 2.30 bits per heavy atom. The van der Waals surface area contributed by atoms with Gasteiger partial charge in [-0.1, -0.05) is 121 Å². The summed E-state index contributed by atoms with van der Waals surface area (Å²) in [6.45, 7) is 0.640. The molecular formula is C42H30N4O. The second-order valence-electron chi connectivity index (χ2n) is 12.5. The summed E-state index contributed by atoms with van der Waals surface area (Å²) < 4.78 is 6.31. The molecule has 2 aliphatic rings. The molecule has 0 saturated carbocycles. The van der Waals surface area contributed by atoms with Crippen LogP contribution in [0.1, 0.15) is 34.8 Å². The molecule has 1 aromatic heterocycles. The maximum Gasteiger partial charge on any atom is 0.135 e. The van der Waals surface area contributed by atoms with Gasteiger partial charge in [-0.25, -0.2) is 4.99 Å². The summed E-state index contributed by atoms with van der Waals surface area (Å²) in [4.78, 5) is 5.44. The van der Waals surface area contributed by atoms with Gasteiger partial charge >= 0.3 is 0 Å². The molecule has 0 radical (unpaired) electrons. The third-order valence-electron chi connectivity index (χ3n) is 9.77. The predicted octanol–water partition coefficient (Wildman–Crippen LogP) is 9.48. The second kappa shape index (κ2) is 10.3. The molecular weight excluding hydrogens is 576 g/mol. The van der Waals surface area contributed by atoms with Gasteiger partial charge in [0.2, 0.25) is 0 Å². The van der Waals surface area contributed by atoms with E-state index in [9.17, 15) is 0 Å². The number of nitrogens with one attached hydrogen (secondary N) is 3. The number of benzene rings is 7. The van der Waals surface area contributed by atoms with E-state index in [0.29, 0.717) is 6.54 Å². The van der Waals surface area contributed by atoms with Gasteiger partial charge in [0.1, 0.15) is 29.5 Å². The quantitative estimate of drug-likeness (QED) is 0.175. The molecule has 0 aliphatic carbocycles. The van der Waals surface area contributed by atoms with Crippen molar-refractivity contribution < 1.29 is 4.42 Å². The van der Waals surface area contributed by atoms with Crippen molar-refractivity contribution in [2.75, 3.05) is 0 Å². The van der Waals surface area contributed by atoms with E-state index < -0.39 is 0 Å². The molecule has 0 amide bonds. The van der Waals surface area contributed by atoms with Crippen LogP contribution in [0, 0.1) is 0 Å². The Kier molecular flexibility index (Phi) is 5.77. The molecule has 8 aromatic rings. The Morgan fingerprint density at radius 1 is 0.617 bits per heavy atom. The van der Waals surface area contributed by atoms with Gasteiger partial charge in [-0.2, -0.15) is 0 Å². The largest absolute Gasteiger partial charge is 0.459 e. The highest BCUT2D eigenvalue weighted by Crippen LogP contribution is 2.39. The lowest BCUT2D eigenvalue weighted by Crippen LogP contribution is -2.45. The molecule has 5 nitrogen and oxygen atoms in total. The van der Waals surface area contributed by atoms with Gasteiger partial charge in [0.05, 0.1) is 6.54 Å². The van der Waals surface area contributed by atoms with Crippen LogP contribution < -0.4 is 16.0 Å². The number of fused-ring (bicyclic) bond motifs is 9. The fourth-order valence-electron chi connectivity index (χ4n) is 7.56. The molecule has 2 aliphatic heterocycles. The minimum atomic E-state index is -0.303. The highest BCUT2D eigenvalue weighted by molar-refractivity contribution is 6.26. The number of hydrogen-bond donors (Lipinski definition) is 3. The summed E-state index contributed by atoms with van der Waals surface area (Å²) in [5, 5.41) is 22.1. The maximum absolute atomic E-state index is 6.31. The van der Waals surface area contributed by atoms with E-state index in [-0.39, 0.29) is 12.3 Å². The normalized spacial score (nSPS) is 17.8. The van der Waals surface area contributed by atoms with Crippen LogP contribution >= 0.6 is 0 Å². The van der Waals surface area contributed by atoms with Crippen LogP contribution in [0.2, 0.25) is 0 Å². The zero-order valence-electron chi connectivity index (χ0n) is 25.5. The lowest BCUT2D eigenvalue weighted by Gasteiger charge is -2.34. The van der Waals surface area contributed by atoms with Gasteiger partial charge in [0, 0.05) is 22.7 Å². The van der Waals surface area contributed by atoms with Gasteiger partial charge in [-0.3, -0.25) is 5.32 Å². The van der Waals surface area contributed by atoms with Gasteiger partial charge in [0.25, 0.3) is 0 Å². The Labute approximate surface area is 271 Å². The minimum absolute atomic E-state index is 0.182. The Hall–Kier alpha value is -5.91.